The number of halogens is 1. The number of hydrogen-bond acceptors (Lipinski definition) is 6. The highest BCUT2D eigenvalue weighted by molar-refractivity contribution is 9.10. The Labute approximate surface area is 323 Å². The van der Waals surface area contributed by atoms with Gasteiger partial charge in [-0.1, -0.05) is 119 Å². The largest absolute Gasteiger partial charge is 0.324 e. The van der Waals surface area contributed by atoms with Crippen LogP contribution < -0.4 is 16.0 Å². The monoisotopic (exact) mass is 791 g/mol. The third-order valence-corrected chi connectivity index (χ3v) is 10.3. The number of thioether (sulfide) groups is 1. The van der Waals surface area contributed by atoms with E-state index >= 15 is 0 Å². The molecule has 264 valence electrons. The van der Waals surface area contributed by atoms with Crippen LogP contribution in [0, 0.1) is 0 Å². The summed E-state index contributed by atoms with van der Waals surface area (Å²) in [7, 11) is 0. The molecule has 0 saturated carbocycles. The molecule has 0 aromatic heterocycles. The zero-order chi connectivity index (χ0) is 37.6. The van der Waals surface area contributed by atoms with Crippen molar-refractivity contribution >= 4 is 74.4 Å². The molecule has 1 aliphatic rings. The van der Waals surface area contributed by atoms with E-state index in [0.717, 1.165) is 4.47 Å². The SMILES string of the molecule is O=C(Nc1cccc(SC(C(=O)Nc2cccc3c2C(=O)c2ccccc2C3=O)c2ccccc2)c1)/C(=C\c1cccc(Br)c1)NC(=O)c1ccccc1. The Morgan fingerprint density at radius 3 is 2.02 bits per heavy atom. The van der Waals surface area contributed by atoms with E-state index in [4.69, 9.17) is 0 Å². The van der Waals surface area contributed by atoms with Crippen molar-refractivity contribution < 1.29 is 24.0 Å². The lowest BCUT2D eigenvalue weighted by atomic mass is 9.83. The van der Waals surface area contributed by atoms with Crippen LogP contribution in [0.4, 0.5) is 11.4 Å². The first-order chi connectivity index (χ1) is 26.2. The van der Waals surface area contributed by atoms with Crippen molar-refractivity contribution in [1.29, 1.82) is 0 Å². The maximum atomic E-state index is 14.2. The van der Waals surface area contributed by atoms with Gasteiger partial charge in [0, 0.05) is 37.3 Å². The van der Waals surface area contributed by atoms with Crippen molar-refractivity contribution in [3.8, 4) is 0 Å². The molecule has 0 aliphatic heterocycles. The molecular weight excluding hydrogens is 762 g/mol. The summed E-state index contributed by atoms with van der Waals surface area (Å²) in [4.78, 5) is 68.7. The number of hydrogen-bond donors (Lipinski definition) is 3. The van der Waals surface area contributed by atoms with Crippen LogP contribution in [0.3, 0.4) is 0 Å². The number of anilines is 2. The van der Waals surface area contributed by atoms with Gasteiger partial charge in [-0.25, -0.2) is 0 Å². The highest BCUT2D eigenvalue weighted by Crippen LogP contribution is 2.39. The molecule has 54 heavy (non-hydrogen) atoms. The second-order valence-corrected chi connectivity index (χ2v) is 14.3. The zero-order valence-electron chi connectivity index (χ0n) is 28.4. The lowest BCUT2D eigenvalue weighted by Crippen LogP contribution is -2.30. The first-order valence-corrected chi connectivity index (χ1v) is 18.5. The van der Waals surface area contributed by atoms with E-state index in [1.165, 1.54) is 11.8 Å². The first-order valence-electron chi connectivity index (χ1n) is 16.8. The lowest BCUT2D eigenvalue weighted by Gasteiger charge is -2.22. The van der Waals surface area contributed by atoms with Gasteiger partial charge >= 0.3 is 0 Å². The Bertz CT molecular complexity index is 2470. The van der Waals surface area contributed by atoms with E-state index in [1.54, 1.807) is 97.1 Å². The van der Waals surface area contributed by atoms with Crippen molar-refractivity contribution in [2.45, 2.75) is 10.1 Å². The molecule has 0 bridgehead atoms. The van der Waals surface area contributed by atoms with E-state index in [9.17, 15) is 24.0 Å². The number of benzene rings is 6. The molecule has 1 atom stereocenters. The van der Waals surface area contributed by atoms with Crippen LogP contribution in [-0.4, -0.2) is 29.3 Å². The third-order valence-electron chi connectivity index (χ3n) is 8.59. The van der Waals surface area contributed by atoms with Crippen molar-refractivity contribution in [3.05, 3.63) is 201 Å². The smallest absolute Gasteiger partial charge is 0.272 e. The summed E-state index contributed by atoms with van der Waals surface area (Å²) in [5.74, 6) is -2.01. The summed E-state index contributed by atoms with van der Waals surface area (Å²) in [6.45, 7) is 0. The summed E-state index contributed by atoms with van der Waals surface area (Å²) < 4.78 is 0.810. The third kappa shape index (κ3) is 8.00. The normalized spacial score (nSPS) is 12.6. The molecule has 1 aliphatic carbocycles. The van der Waals surface area contributed by atoms with Crippen LogP contribution in [0.1, 0.15) is 58.6 Å². The number of nitrogens with one attached hydrogen (secondary N) is 3. The molecule has 7 rings (SSSR count). The molecule has 6 aromatic carbocycles. The number of carbonyl (C=O) groups is 5. The highest BCUT2D eigenvalue weighted by Gasteiger charge is 2.33. The van der Waals surface area contributed by atoms with Crippen LogP contribution in [0.2, 0.25) is 0 Å². The summed E-state index contributed by atoms with van der Waals surface area (Å²) in [5, 5.41) is 7.80. The van der Waals surface area contributed by atoms with E-state index in [1.807, 2.05) is 60.7 Å². The maximum absolute atomic E-state index is 14.2. The fourth-order valence-electron chi connectivity index (χ4n) is 6.04. The summed E-state index contributed by atoms with van der Waals surface area (Å²) in [6.07, 6.45) is 1.59. The minimum atomic E-state index is -0.785. The molecule has 0 heterocycles. The maximum Gasteiger partial charge on any atom is 0.272 e. The first kappa shape index (κ1) is 36.0. The molecule has 0 fully saturated rings. The summed E-state index contributed by atoms with van der Waals surface area (Å²) >= 11 is 4.71. The van der Waals surface area contributed by atoms with Crippen molar-refractivity contribution in [1.82, 2.24) is 5.32 Å². The minimum Gasteiger partial charge on any atom is -0.324 e. The van der Waals surface area contributed by atoms with Gasteiger partial charge in [0.25, 0.3) is 11.8 Å². The van der Waals surface area contributed by atoms with Crippen molar-refractivity contribution in [2.24, 2.45) is 0 Å². The van der Waals surface area contributed by atoms with E-state index in [2.05, 4.69) is 31.9 Å². The Morgan fingerprint density at radius 1 is 0.630 bits per heavy atom. The predicted octanol–water partition coefficient (Wildman–Crippen LogP) is 9.11. The van der Waals surface area contributed by atoms with Gasteiger partial charge < -0.3 is 16.0 Å². The predicted molar refractivity (Wildman–Crippen MR) is 215 cm³/mol. The van der Waals surface area contributed by atoms with Gasteiger partial charge in [-0.3, -0.25) is 24.0 Å². The Kier molecular flexibility index (Phi) is 10.7. The van der Waals surface area contributed by atoms with Crippen LogP contribution in [0.25, 0.3) is 6.08 Å². The van der Waals surface area contributed by atoms with Crippen LogP contribution in [-0.2, 0) is 9.59 Å². The number of rotatable bonds is 10. The van der Waals surface area contributed by atoms with Gasteiger partial charge in [0.2, 0.25) is 5.91 Å². The molecule has 0 spiro atoms. The average molecular weight is 793 g/mol. The Hall–Kier alpha value is -6.36. The van der Waals surface area contributed by atoms with Crippen LogP contribution >= 0.6 is 27.7 Å². The zero-order valence-corrected chi connectivity index (χ0v) is 30.8. The molecule has 3 N–H and O–H groups in total. The number of amides is 3. The Balaban J connectivity index is 1.14. The standard InChI is InChI=1S/C44H30BrN3O5S/c45-30-17-9-12-27(24-30)25-37(48-42(51)29-15-5-2-6-16-29)43(52)46-31-18-10-19-32(26-31)54-41(28-13-3-1-4-14-28)44(53)47-36-23-11-22-35-38(36)40(50)34-21-8-7-20-33(34)39(35)49/h1-26,41H,(H,46,52)(H,47,53)(H,48,51)/b37-25+. The van der Waals surface area contributed by atoms with Gasteiger partial charge in [0.05, 0.1) is 11.3 Å². The van der Waals surface area contributed by atoms with Gasteiger partial charge in [-0.15, -0.1) is 11.8 Å². The second-order valence-electron chi connectivity index (χ2n) is 12.2. The molecular formula is C44H30BrN3O5S. The van der Waals surface area contributed by atoms with Gasteiger partial charge in [0.1, 0.15) is 10.9 Å². The fraction of sp³-hybridized carbons (Fsp3) is 0.0227. The molecule has 0 radical (unpaired) electrons. The average Bonchev–Trinajstić information content (AvgIpc) is 3.19. The van der Waals surface area contributed by atoms with Crippen LogP contribution in [0.5, 0.6) is 0 Å². The minimum absolute atomic E-state index is 0.0309. The second kappa shape index (κ2) is 16.1. The molecule has 1 unspecified atom stereocenters. The number of ketones is 2. The number of carbonyl (C=O) groups excluding carboxylic acids is 5. The van der Waals surface area contributed by atoms with E-state index < -0.39 is 23.0 Å². The summed E-state index contributed by atoms with van der Waals surface area (Å²) in [6, 6.07) is 43.7. The topological polar surface area (TPSA) is 121 Å². The Morgan fingerprint density at radius 2 is 1.28 bits per heavy atom. The molecule has 6 aromatic rings. The molecule has 8 nitrogen and oxygen atoms in total. The van der Waals surface area contributed by atoms with Crippen molar-refractivity contribution in [2.75, 3.05) is 10.6 Å². The van der Waals surface area contributed by atoms with Gasteiger partial charge in [-0.2, -0.15) is 0 Å². The van der Waals surface area contributed by atoms with Crippen LogP contribution in [0.15, 0.2) is 167 Å². The van der Waals surface area contributed by atoms with Gasteiger partial charge in [-0.05, 0) is 65.7 Å². The quantitative estimate of drug-likeness (QED) is 0.0939. The van der Waals surface area contributed by atoms with E-state index in [0.29, 0.717) is 38.4 Å². The molecule has 0 saturated heterocycles. The summed E-state index contributed by atoms with van der Waals surface area (Å²) in [5.41, 5.74) is 3.51. The van der Waals surface area contributed by atoms with Crippen molar-refractivity contribution in [3.63, 3.8) is 0 Å². The molecule has 3 amide bonds. The lowest BCUT2D eigenvalue weighted by molar-refractivity contribution is -0.116. The fourth-order valence-corrected chi connectivity index (χ4v) is 7.54. The number of fused-ring (bicyclic) bond motifs is 2. The van der Waals surface area contributed by atoms with Gasteiger partial charge in [0.15, 0.2) is 11.6 Å². The highest BCUT2D eigenvalue weighted by atomic mass is 79.9. The van der Waals surface area contributed by atoms with E-state index in [-0.39, 0.29) is 34.1 Å². The molecule has 10 heteroatoms.